The van der Waals surface area contributed by atoms with Crippen LogP contribution in [-0.4, -0.2) is 59.9 Å². The molecule has 2 aliphatic heterocycles. The lowest BCUT2D eigenvalue weighted by Gasteiger charge is -2.38. The maximum atomic E-state index is 14.2. The second-order valence-corrected chi connectivity index (χ2v) is 9.44. The van der Waals surface area contributed by atoms with Gasteiger partial charge in [0.15, 0.2) is 0 Å². The third-order valence-electron chi connectivity index (χ3n) is 5.82. The summed E-state index contributed by atoms with van der Waals surface area (Å²) < 4.78 is 60.6. The van der Waals surface area contributed by atoms with Crippen molar-refractivity contribution in [1.82, 2.24) is 20.5 Å². The van der Waals surface area contributed by atoms with Crippen molar-refractivity contribution in [3.05, 3.63) is 69.4 Å². The van der Waals surface area contributed by atoms with Gasteiger partial charge in [-0.2, -0.15) is 9.37 Å². The van der Waals surface area contributed by atoms with Crippen LogP contribution >= 0.6 is 23.4 Å². The van der Waals surface area contributed by atoms with E-state index in [9.17, 15) is 22.4 Å². The summed E-state index contributed by atoms with van der Waals surface area (Å²) in [6.07, 6.45) is -1.81. The van der Waals surface area contributed by atoms with Crippen molar-refractivity contribution < 1.29 is 27.1 Å². The van der Waals surface area contributed by atoms with Crippen LogP contribution in [0.25, 0.3) is 0 Å². The second kappa shape index (κ2) is 11.5. The number of alkyl halides is 2. The fourth-order valence-corrected chi connectivity index (χ4v) is 5.50. The minimum absolute atomic E-state index is 0.0132. The van der Waals surface area contributed by atoms with Gasteiger partial charge < -0.3 is 15.4 Å². The van der Waals surface area contributed by atoms with E-state index in [0.29, 0.717) is 36.7 Å². The van der Waals surface area contributed by atoms with Gasteiger partial charge in [0.1, 0.15) is 11.9 Å². The number of nitrogens with zero attached hydrogens (tertiary/aromatic N) is 2. The Hall–Kier alpha value is -2.50. The number of aromatic nitrogens is 1. The predicted molar refractivity (Wildman–Crippen MR) is 126 cm³/mol. The van der Waals surface area contributed by atoms with Gasteiger partial charge in [-0.3, -0.25) is 9.69 Å². The van der Waals surface area contributed by atoms with E-state index in [4.69, 9.17) is 16.3 Å². The maximum Gasteiger partial charge on any atom is 0.278 e. The standard InChI is InChI=1S/C23H23ClF4N4O2S/c24-14-3-1-4-15(25)19(14)23(33)29-11-16(21-20(22(27)28)30-12-35-21)32-9-7-13(8-10-32)34-18-6-2-5-17(26)31-18/h1-6,13,16,22,30H,7-12H2,(H,29,33). The Bertz CT molecular complexity index is 1080. The summed E-state index contributed by atoms with van der Waals surface area (Å²) in [4.78, 5) is 18.8. The molecule has 1 fully saturated rings. The smallest absolute Gasteiger partial charge is 0.278 e. The van der Waals surface area contributed by atoms with Crippen LogP contribution < -0.4 is 15.4 Å². The molecule has 0 radical (unpaired) electrons. The molecule has 0 spiro atoms. The van der Waals surface area contributed by atoms with Crippen molar-refractivity contribution in [2.45, 2.75) is 31.4 Å². The minimum Gasteiger partial charge on any atom is -0.474 e. The summed E-state index contributed by atoms with van der Waals surface area (Å²) in [7, 11) is 0. The average Bonchev–Trinajstić information content (AvgIpc) is 3.30. The molecule has 35 heavy (non-hydrogen) atoms. The normalized spacial score (nSPS) is 18.0. The molecule has 12 heteroatoms. The first-order chi connectivity index (χ1) is 16.8. The predicted octanol–water partition coefficient (Wildman–Crippen LogP) is 4.43. The third kappa shape index (κ3) is 6.20. The van der Waals surface area contributed by atoms with Crippen LogP contribution in [0, 0.1) is 11.8 Å². The van der Waals surface area contributed by atoms with Gasteiger partial charge >= 0.3 is 0 Å². The Morgan fingerprint density at radius 1 is 1.23 bits per heavy atom. The monoisotopic (exact) mass is 530 g/mol. The summed E-state index contributed by atoms with van der Waals surface area (Å²) in [6.45, 7) is 0.962. The van der Waals surface area contributed by atoms with Crippen molar-refractivity contribution in [2.24, 2.45) is 0 Å². The molecule has 1 amide bonds. The molecular weight excluding hydrogens is 508 g/mol. The molecule has 188 valence electrons. The molecule has 2 N–H and O–H groups in total. The number of hydrogen-bond acceptors (Lipinski definition) is 6. The topological polar surface area (TPSA) is 66.5 Å². The molecular formula is C23H23ClF4N4O2S. The lowest BCUT2D eigenvalue weighted by atomic mass is 10.0. The highest BCUT2D eigenvalue weighted by Gasteiger charge is 2.35. The van der Waals surface area contributed by atoms with Crippen molar-refractivity contribution in [1.29, 1.82) is 0 Å². The molecule has 0 aliphatic carbocycles. The van der Waals surface area contributed by atoms with Gasteiger partial charge in [0, 0.05) is 30.6 Å². The number of carbonyl (C=O) groups excluding carboxylic acids is 1. The number of rotatable bonds is 8. The first kappa shape index (κ1) is 25.6. The van der Waals surface area contributed by atoms with Crippen LogP contribution in [0.15, 0.2) is 47.0 Å². The number of hydrogen-bond donors (Lipinski definition) is 2. The van der Waals surface area contributed by atoms with Gasteiger partial charge in [-0.1, -0.05) is 23.7 Å². The molecule has 1 aromatic heterocycles. The van der Waals surface area contributed by atoms with E-state index in [1.54, 1.807) is 6.07 Å². The number of pyridine rings is 1. The van der Waals surface area contributed by atoms with Crippen molar-refractivity contribution in [3.63, 3.8) is 0 Å². The molecule has 1 saturated heterocycles. The zero-order valence-electron chi connectivity index (χ0n) is 18.4. The Labute approximate surface area is 209 Å². The molecule has 6 nitrogen and oxygen atoms in total. The van der Waals surface area contributed by atoms with Gasteiger partial charge in [0.25, 0.3) is 12.3 Å². The van der Waals surface area contributed by atoms with Gasteiger partial charge in [0.2, 0.25) is 11.8 Å². The highest BCUT2D eigenvalue weighted by atomic mass is 35.5. The maximum absolute atomic E-state index is 14.2. The third-order valence-corrected chi connectivity index (χ3v) is 7.22. The molecule has 2 aliphatic rings. The summed E-state index contributed by atoms with van der Waals surface area (Å²) >= 11 is 7.25. The van der Waals surface area contributed by atoms with Crippen LogP contribution in [0.3, 0.4) is 0 Å². The molecule has 3 heterocycles. The van der Waals surface area contributed by atoms with Gasteiger partial charge in [-0.05, 0) is 31.0 Å². The lowest BCUT2D eigenvalue weighted by molar-refractivity contribution is 0.0771. The highest BCUT2D eigenvalue weighted by molar-refractivity contribution is 8.03. The number of piperidine rings is 1. The molecule has 1 unspecified atom stereocenters. The summed E-state index contributed by atoms with van der Waals surface area (Å²) in [6, 6.07) is 7.68. The average molecular weight is 531 g/mol. The van der Waals surface area contributed by atoms with Crippen molar-refractivity contribution >= 4 is 29.3 Å². The van der Waals surface area contributed by atoms with E-state index < -0.39 is 30.1 Å². The number of thioether (sulfide) groups is 1. The van der Waals surface area contributed by atoms with Crippen LogP contribution in [-0.2, 0) is 0 Å². The minimum atomic E-state index is -2.70. The molecule has 0 saturated carbocycles. The largest absolute Gasteiger partial charge is 0.474 e. The van der Waals surface area contributed by atoms with Gasteiger partial charge in [-0.25, -0.2) is 13.2 Å². The summed E-state index contributed by atoms with van der Waals surface area (Å²) in [5.41, 5.74) is -0.455. The van der Waals surface area contributed by atoms with E-state index >= 15 is 0 Å². The second-order valence-electron chi connectivity index (χ2n) is 8.02. The number of allylic oxidation sites excluding steroid dienone is 1. The van der Waals surface area contributed by atoms with Gasteiger partial charge in [0.05, 0.1) is 28.2 Å². The van der Waals surface area contributed by atoms with Crippen LogP contribution in [0.1, 0.15) is 23.2 Å². The SMILES string of the molecule is O=C(NCC(C1=C(C(F)F)NCS1)N1CCC(Oc2cccc(F)n2)CC1)c1c(F)cccc1Cl. The van der Waals surface area contributed by atoms with E-state index in [2.05, 4.69) is 15.6 Å². The zero-order valence-corrected chi connectivity index (χ0v) is 20.0. The summed E-state index contributed by atoms with van der Waals surface area (Å²) in [5, 5.41) is 5.34. The molecule has 4 rings (SSSR count). The Kier molecular flexibility index (Phi) is 8.40. The first-order valence-electron chi connectivity index (χ1n) is 11.0. The lowest BCUT2D eigenvalue weighted by Crippen LogP contribution is -2.49. The number of nitrogens with one attached hydrogen (secondary N) is 2. The molecule has 0 bridgehead atoms. The quantitative estimate of drug-likeness (QED) is 0.389. The molecule has 2 aromatic rings. The number of amides is 1. The number of benzene rings is 1. The number of halogens is 5. The van der Waals surface area contributed by atoms with E-state index in [-0.39, 0.29) is 34.8 Å². The number of carbonyl (C=O) groups is 1. The van der Waals surface area contributed by atoms with Crippen molar-refractivity contribution in [2.75, 3.05) is 25.5 Å². The van der Waals surface area contributed by atoms with E-state index in [1.807, 2.05) is 4.90 Å². The number of ether oxygens (including phenoxy) is 1. The van der Waals surface area contributed by atoms with Crippen LogP contribution in [0.2, 0.25) is 5.02 Å². The summed E-state index contributed by atoms with van der Waals surface area (Å²) in [5.74, 6) is -1.64. The Balaban J connectivity index is 1.47. The number of likely N-dealkylation sites (tertiary alicyclic amines) is 1. The fourth-order valence-electron chi connectivity index (χ4n) is 4.13. The molecule has 1 aromatic carbocycles. The van der Waals surface area contributed by atoms with E-state index in [1.165, 1.54) is 36.0 Å². The van der Waals surface area contributed by atoms with Crippen LogP contribution in [0.5, 0.6) is 5.88 Å². The van der Waals surface area contributed by atoms with Gasteiger partial charge in [-0.15, -0.1) is 11.8 Å². The van der Waals surface area contributed by atoms with E-state index in [0.717, 1.165) is 6.07 Å². The molecule has 1 atom stereocenters. The van der Waals surface area contributed by atoms with Crippen molar-refractivity contribution in [3.8, 4) is 5.88 Å². The fraction of sp³-hybridized carbons (Fsp3) is 0.391. The Morgan fingerprint density at radius 2 is 1.97 bits per heavy atom. The highest BCUT2D eigenvalue weighted by Crippen LogP contribution is 2.34. The Morgan fingerprint density at radius 3 is 2.66 bits per heavy atom. The zero-order chi connectivity index (χ0) is 24.9. The van der Waals surface area contributed by atoms with Crippen LogP contribution in [0.4, 0.5) is 17.6 Å². The first-order valence-corrected chi connectivity index (χ1v) is 12.3.